The molecule has 0 aromatic heterocycles. The van der Waals surface area contributed by atoms with E-state index in [1.807, 2.05) is 13.0 Å². The molecule has 0 amide bonds. The molecule has 0 radical (unpaired) electrons. The van der Waals surface area contributed by atoms with Crippen molar-refractivity contribution in [2.45, 2.75) is 141 Å². The van der Waals surface area contributed by atoms with Gasteiger partial charge in [-0.15, -0.1) is 0 Å². The van der Waals surface area contributed by atoms with Gasteiger partial charge in [0.25, 0.3) is 0 Å². The van der Waals surface area contributed by atoms with E-state index in [4.69, 9.17) is 18.9 Å². The Morgan fingerprint density at radius 1 is 0.930 bits per heavy atom. The molecule has 4 fully saturated rings. The average molecular weight is 615 g/mol. The first-order valence-corrected chi connectivity index (χ1v) is 15.7. The zero-order valence-corrected chi connectivity index (χ0v) is 26.2. The first-order chi connectivity index (χ1) is 20.2. The van der Waals surface area contributed by atoms with Crippen LogP contribution < -0.4 is 0 Å². The van der Waals surface area contributed by atoms with Gasteiger partial charge >= 0.3 is 0 Å². The van der Waals surface area contributed by atoms with Crippen LogP contribution in [0.3, 0.4) is 0 Å². The quantitative estimate of drug-likeness (QED) is 0.146. The van der Waals surface area contributed by atoms with Gasteiger partial charge in [0.2, 0.25) is 0 Å². The average Bonchev–Trinajstić information content (AvgIpc) is 2.95. The number of ether oxygens (including phenoxy) is 4. The largest absolute Gasteiger partial charge is 0.394 e. The third-order valence-corrected chi connectivity index (χ3v) is 11.0. The second-order valence-corrected chi connectivity index (χ2v) is 14.1. The highest BCUT2D eigenvalue weighted by Gasteiger charge is 2.58. The molecule has 4 aliphatic rings. The molecule has 11 heteroatoms. The summed E-state index contributed by atoms with van der Waals surface area (Å²) in [6, 6.07) is 0. The summed E-state index contributed by atoms with van der Waals surface area (Å²) in [5.74, 6) is 0.601. The third kappa shape index (κ3) is 6.78. The lowest BCUT2D eigenvalue weighted by molar-refractivity contribution is -0.375. The minimum absolute atomic E-state index is 0.0159. The molecule has 248 valence electrons. The van der Waals surface area contributed by atoms with Crippen molar-refractivity contribution in [2.24, 2.45) is 22.7 Å². The van der Waals surface area contributed by atoms with Gasteiger partial charge in [-0.3, -0.25) is 0 Å². The third-order valence-electron chi connectivity index (χ3n) is 11.0. The van der Waals surface area contributed by atoms with E-state index in [-0.39, 0.29) is 29.5 Å². The molecule has 0 bridgehead atoms. The number of fused-ring (bicyclic) bond motifs is 1. The van der Waals surface area contributed by atoms with E-state index in [0.717, 1.165) is 32.1 Å². The Bertz CT molecular complexity index is 986. The maximum atomic E-state index is 11.1. The number of rotatable bonds is 9. The summed E-state index contributed by atoms with van der Waals surface area (Å²) in [5.41, 5.74) is 2.09. The molecular weight excluding hydrogens is 560 g/mol. The molecule has 2 saturated carbocycles. The number of hydrogen-bond donors (Lipinski definition) is 7. The normalized spacial score (nSPS) is 47.3. The minimum Gasteiger partial charge on any atom is -0.394 e. The fourth-order valence-electron chi connectivity index (χ4n) is 8.31. The van der Waals surface area contributed by atoms with E-state index in [1.54, 1.807) is 0 Å². The standard InChI is InChI=1S/C32H54O11/c1-16(12-14-33)7-9-19-17(2)8-10-21-31(4,5)22(11-13-32(19,21)6)42-30-28(26(38)24(36)20(15-34)41-30)43-29-27(39)25(37)23(35)18(3)40-29/h12,18-30,33-39H,2,7-11,13-15H2,1,3-6H3. The summed E-state index contributed by atoms with van der Waals surface area (Å²) in [5, 5.41) is 71.9. The van der Waals surface area contributed by atoms with Crippen LogP contribution in [0, 0.1) is 22.7 Å². The number of allylic oxidation sites excluding steroid dienone is 2. The van der Waals surface area contributed by atoms with E-state index in [1.165, 1.54) is 18.1 Å². The number of aliphatic hydroxyl groups is 7. The molecule has 2 saturated heterocycles. The van der Waals surface area contributed by atoms with Gasteiger partial charge < -0.3 is 54.7 Å². The maximum Gasteiger partial charge on any atom is 0.187 e. The van der Waals surface area contributed by atoms with Crippen LogP contribution >= 0.6 is 0 Å². The van der Waals surface area contributed by atoms with Crippen LogP contribution in [0.25, 0.3) is 0 Å². The van der Waals surface area contributed by atoms with Crippen molar-refractivity contribution >= 4 is 0 Å². The van der Waals surface area contributed by atoms with E-state index in [2.05, 4.69) is 27.4 Å². The van der Waals surface area contributed by atoms with Gasteiger partial charge in [-0.05, 0) is 75.0 Å². The van der Waals surface area contributed by atoms with Crippen LogP contribution in [0.15, 0.2) is 23.8 Å². The van der Waals surface area contributed by atoms with Gasteiger partial charge in [-0.25, -0.2) is 0 Å². The summed E-state index contributed by atoms with van der Waals surface area (Å²) < 4.78 is 24.1. The lowest BCUT2D eigenvalue weighted by atomic mass is 9.46. The Labute approximate surface area is 255 Å². The van der Waals surface area contributed by atoms with Crippen molar-refractivity contribution in [3.05, 3.63) is 23.8 Å². The molecule has 14 unspecified atom stereocenters. The fraction of sp³-hybridized carbons (Fsp3) is 0.875. The number of hydrogen-bond acceptors (Lipinski definition) is 11. The zero-order valence-electron chi connectivity index (χ0n) is 26.2. The summed E-state index contributed by atoms with van der Waals surface area (Å²) in [7, 11) is 0. The Morgan fingerprint density at radius 2 is 1.63 bits per heavy atom. The van der Waals surface area contributed by atoms with Crippen molar-refractivity contribution in [1.29, 1.82) is 0 Å². The van der Waals surface area contributed by atoms with Gasteiger partial charge in [0, 0.05) is 0 Å². The van der Waals surface area contributed by atoms with Crippen LogP contribution in [0.1, 0.15) is 73.1 Å². The molecule has 0 aromatic carbocycles. The molecule has 11 nitrogen and oxygen atoms in total. The van der Waals surface area contributed by atoms with Crippen molar-refractivity contribution < 1.29 is 54.7 Å². The second kappa shape index (κ2) is 13.8. The lowest BCUT2D eigenvalue weighted by Gasteiger charge is -2.61. The smallest absolute Gasteiger partial charge is 0.187 e. The van der Waals surface area contributed by atoms with Crippen LogP contribution in [-0.2, 0) is 18.9 Å². The molecule has 2 aliphatic heterocycles. The van der Waals surface area contributed by atoms with Crippen LogP contribution in [-0.4, -0.2) is 116 Å². The van der Waals surface area contributed by atoms with Crippen LogP contribution in [0.2, 0.25) is 0 Å². The summed E-state index contributed by atoms with van der Waals surface area (Å²) >= 11 is 0. The van der Waals surface area contributed by atoms with Gasteiger partial charge in [0.15, 0.2) is 12.6 Å². The Kier molecular flexibility index (Phi) is 11.2. The molecule has 0 aromatic rings. The first kappa shape index (κ1) is 34.9. The SMILES string of the molecule is C=C1CCC2C(C)(C)C(OC3OC(CO)C(O)C(O)C3OC3OC(C)C(O)C(O)C3O)CCC2(C)C1CCC(C)=CCO. The van der Waals surface area contributed by atoms with Crippen molar-refractivity contribution in [1.82, 2.24) is 0 Å². The highest BCUT2D eigenvalue weighted by atomic mass is 16.8. The van der Waals surface area contributed by atoms with Gasteiger partial charge in [0.1, 0.15) is 42.7 Å². The molecule has 4 rings (SSSR count). The van der Waals surface area contributed by atoms with Gasteiger partial charge in [-0.2, -0.15) is 0 Å². The fourth-order valence-corrected chi connectivity index (χ4v) is 8.31. The molecule has 2 aliphatic carbocycles. The second-order valence-electron chi connectivity index (χ2n) is 14.1. The van der Waals surface area contributed by atoms with Crippen LogP contribution in [0.5, 0.6) is 0 Å². The van der Waals surface area contributed by atoms with E-state index >= 15 is 0 Å². The first-order valence-electron chi connectivity index (χ1n) is 15.7. The number of aliphatic hydroxyl groups excluding tert-OH is 7. The zero-order chi connectivity index (χ0) is 31.9. The molecule has 43 heavy (non-hydrogen) atoms. The van der Waals surface area contributed by atoms with Gasteiger partial charge in [0.05, 0.1) is 25.4 Å². The van der Waals surface area contributed by atoms with E-state index in [0.29, 0.717) is 12.3 Å². The topological polar surface area (TPSA) is 179 Å². The highest BCUT2D eigenvalue weighted by Crippen LogP contribution is 2.62. The van der Waals surface area contributed by atoms with E-state index < -0.39 is 68.0 Å². The summed E-state index contributed by atoms with van der Waals surface area (Å²) in [6.07, 6.45) is -6.72. The lowest BCUT2D eigenvalue weighted by Crippen LogP contribution is -2.65. The highest BCUT2D eigenvalue weighted by molar-refractivity contribution is 5.18. The summed E-state index contributed by atoms with van der Waals surface area (Å²) in [6.45, 7) is 14.2. The van der Waals surface area contributed by atoms with Crippen molar-refractivity contribution in [3.63, 3.8) is 0 Å². The molecular formula is C32H54O11. The monoisotopic (exact) mass is 614 g/mol. The summed E-state index contributed by atoms with van der Waals surface area (Å²) in [4.78, 5) is 0. The van der Waals surface area contributed by atoms with Gasteiger partial charge in [-0.1, -0.05) is 44.6 Å². The van der Waals surface area contributed by atoms with Crippen molar-refractivity contribution in [3.8, 4) is 0 Å². The molecule has 7 N–H and O–H groups in total. The maximum absolute atomic E-state index is 11.1. The van der Waals surface area contributed by atoms with E-state index in [9.17, 15) is 35.7 Å². The Balaban J connectivity index is 1.55. The Morgan fingerprint density at radius 3 is 2.28 bits per heavy atom. The molecule has 2 heterocycles. The predicted molar refractivity (Wildman–Crippen MR) is 156 cm³/mol. The van der Waals surface area contributed by atoms with Crippen LogP contribution in [0.4, 0.5) is 0 Å². The molecule has 0 spiro atoms. The molecule has 14 atom stereocenters. The van der Waals surface area contributed by atoms with Crippen molar-refractivity contribution in [2.75, 3.05) is 13.2 Å². The minimum atomic E-state index is -1.62. The predicted octanol–water partition coefficient (Wildman–Crippen LogP) is 1.15. The Hall–Kier alpha value is -0.960.